The number of aromatic nitrogens is 3. The summed E-state index contributed by atoms with van der Waals surface area (Å²) in [5.74, 6) is 0.864. The number of nitrogens with zero attached hydrogens (tertiary/aromatic N) is 3. The van der Waals surface area contributed by atoms with Gasteiger partial charge in [-0.3, -0.25) is 9.36 Å². The molecule has 136 valence electrons. The molecule has 0 spiro atoms. The van der Waals surface area contributed by atoms with Crippen LogP contribution in [0.2, 0.25) is 10.0 Å². The van der Waals surface area contributed by atoms with Crippen molar-refractivity contribution in [2.45, 2.75) is 25.0 Å². The molecule has 3 aromatic rings. The number of carbonyl (C=O) groups is 1. The number of nitrogens with one attached hydrogen (secondary N) is 1. The molecule has 3 rings (SSSR count). The Morgan fingerprint density at radius 1 is 1.27 bits per heavy atom. The molecule has 9 heteroatoms. The Bertz CT molecular complexity index is 889. The predicted octanol–water partition coefficient (Wildman–Crippen LogP) is 5.63. The van der Waals surface area contributed by atoms with Gasteiger partial charge in [0.1, 0.15) is 0 Å². The van der Waals surface area contributed by atoms with Crippen LogP contribution in [-0.2, 0) is 4.79 Å². The van der Waals surface area contributed by atoms with Crippen LogP contribution >= 0.6 is 46.3 Å². The molecule has 0 saturated carbocycles. The number of hydrogen-bond donors (Lipinski definition) is 1. The number of carbonyl (C=O) groups excluding carboxylic acids is 1. The van der Waals surface area contributed by atoms with Gasteiger partial charge in [0.15, 0.2) is 11.0 Å². The Labute approximate surface area is 169 Å². The zero-order chi connectivity index (χ0) is 18.7. The fraction of sp³-hybridized carbons (Fsp3) is 0.235. The van der Waals surface area contributed by atoms with Crippen molar-refractivity contribution in [3.8, 4) is 10.7 Å². The van der Waals surface area contributed by atoms with E-state index in [1.54, 1.807) is 29.5 Å². The van der Waals surface area contributed by atoms with Crippen molar-refractivity contribution in [2.24, 2.45) is 0 Å². The Morgan fingerprint density at radius 2 is 2.00 bits per heavy atom. The van der Waals surface area contributed by atoms with Crippen LogP contribution in [0, 0.1) is 0 Å². The molecule has 2 heterocycles. The van der Waals surface area contributed by atoms with Gasteiger partial charge < -0.3 is 5.32 Å². The van der Waals surface area contributed by atoms with E-state index >= 15 is 0 Å². The summed E-state index contributed by atoms with van der Waals surface area (Å²) in [5, 5.41) is 15.0. The average Bonchev–Trinajstić information content (AvgIpc) is 3.21. The molecule has 0 unspecified atom stereocenters. The minimum Gasteiger partial charge on any atom is -0.325 e. The minimum atomic E-state index is -0.163. The predicted molar refractivity (Wildman–Crippen MR) is 110 cm³/mol. The van der Waals surface area contributed by atoms with Gasteiger partial charge in [-0.05, 0) is 43.5 Å². The van der Waals surface area contributed by atoms with Crippen LogP contribution in [0.25, 0.3) is 10.7 Å². The molecular formula is C17H16Cl2N4OS2. The van der Waals surface area contributed by atoms with Crippen molar-refractivity contribution in [1.82, 2.24) is 14.8 Å². The highest BCUT2D eigenvalue weighted by atomic mass is 35.5. The maximum absolute atomic E-state index is 12.3. The van der Waals surface area contributed by atoms with Crippen LogP contribution in [0.3, 0.4) is 0 Å². The number of halogens is 2. The van der Waals surface area contributed by atoms with Crippen LogP contribution in [0.4, 0.5) is 5.69 Å². The molecule has 0 saturated heterocycles. The third-order valence-electron chi connectivity index (χ3n) is 3.40. The first kappa shape index (κ1) is 19.2. The number of thiophene rings is 1. The SMILES string of the molecule is CC(C)n1c(SCC(=O)Nc2cc(Cl)cc(Cl)c2)nnc1-c1cccs1. The second-order valence-corrected chi connectivity index (χ2v) is 8.51. The minimum absolute atomic E-state index is 0.163. The molecule has 2 aromatic heterocycles. The highest BCUT2D eigenvalue weighted by Gasteiger charge is 2.18. The lowest BCUT2D eigenvalue weighted by molar-refractivity contribution is -0.113. The number of rotatable bonds is 6. The van der Waals surface area contributed by atoms with Gasteiger partial charge in [0.2, 0.25) is 5.91 Å². The van der Waals surface area contributed by atoms with Gasteiger partial charge in [-0.15, -0.1) is 21.5 Å². The standard InChI is InChI=1S/C17H16Cl2N4OS2/c1-10(2)23-16(14-4-3-5-25-14)21-22-17(23)26-9-15(24)20-13-7-11(18)6-12(19)8-13/h3-8,10H,9H2,1-2H3,(H,20,24). The summed E-state index contributed by atoms with van der Waals surface area (Å²) >= 11 is 14.9. The van der Waals surface area contributed by atoms with Crippen LogP contribution in [-0.4, -0.2) is 26.4 Å². The highest BCUT2D eigenvalue weighted by Crippen LogP contribution is 2.30. The Hall–Kier alpha value is -1.54. The number of hydrogen-bond acceptors (Lipinski definition) is 5. The van der Waals surface area contributed by atoms with Crippen molar-refractivity contribution in [3.63, 3.8) is 0 Å². The van der Waals surface area contributed by atoms with E-state index in [1.807, 2.05) is 22.1 Å². The zero-order valence-electron chi connectivity index (χ0n) is 14.1. The van der Waals surface area contributed by atoms with Crippen LogP contribution < -0.4 is 5.32 Å². The molecule has 0 atom stereocenters. The zero-order valence-corrected chi connectivity index (χ0v) is 17.2. The summed E-state index contributed by atoms with van der Waals surface area (Å²) in [4.78, 5) is 13.3. The van der Waals surface area contributed by atoms with Gasteiger partial charge in [0.25, 0.3) is 0 Å². The van der Waals surface area contributed by atoms with Gasteiger partial charge in [-0.25, -0.2) is 0 Å². The second kappa shape index (κ2) is 8.43. The second-order valence-electron chi connectivity index (χ2n) is 5.74. The summed E-state index contributed by atoms with van der Waals surface area (Å²) in [5.41, 5.74) is 0.567. The summed E-state index contributed by atoms with van der Waals surface area (Å²) in [6.07, 6.45) is 0. The van der Waals surface area contributed by atoms with E-state index < -0.39 is 0 Å². The fourth-order valence-corrected chi connectivity index (χ4v) is 4.47. The lowest BCUT2D eigenvalue weighted by Crippen LogP contribution is -2.15. The lowest BCUT2D eigenvalue weighted by atomic mass is 10.3. The van der Waals surface area contributed by atoms with Crippen molar-refractivity contribution < 1.29 is 4.79 Å². The quantitative estimate of drug-likeness (QED) is 0.519. The lowest BCUT2D eigenvalue weighted by Gasteiger charge is -2.13. The molecule has 26 heavy (non-hydrogen) atoms. The number of benzene rings is 1. The fourth-order valence-electron chi connectivity index (χ4n) is 2.37. The van der Waals surface area contributed by atoms with Gasteiger partial charge in [-0.1, -0.05) is 41.0 Å². The first-order valence-electron chi connectivity index (χ1n) is 7.81. The van der Waals surface area contributed by atoms with Crippen molar-refractivity contribution in [1.29, 1.82) is 0 Å². The van der Waals surface area contributed by atoms with E-state index in [2.05, 4.69) is 29.4 Å². The van der Waals surface area contributed by atoms with Crippen molar-refractivity contribution in [3.05, 3.63) is 45.8 Å². The maximum atomic E-state index is 12.3. The largest absolute Gasteiger partial charge is 0.325 e. The van der Waals surface area contributed by atoms with E-state index in [1.165, 1.54) is 11.8 Å². The molecule has 1 amide bonds. The first-order valence-corrected chi connectivity index (χ1v) is 10.4. The average molecular weight is 427 g/mol. The summed E-state index contributed by atoms with van der Waals surface area (Å²) < 4.78 is 2.04. The molecule has 0 aliphatic rings. The molecule has 0 bridgehead atoms. The topological polar surface area (TPSA) is 59.8 Å². The van der Waals surface area contributed by atoms with E-state index in [0.29, 0.717) is 20.9 Å². The van der Waals surface area contributed by atoms with Crippen LogP contribution in [0.5, 0.6) is 0 Å². The first-order chi connectivity index (χ1) is 12.4. The Morgan fingerprint density at radius 3 is 2.62 bits per heavy atom. The summed E-state index contributed by atoms with van der Waals surface area (Å²) in [6.45, 7) is 4.14. The monoisotopic (exact) mass is 426 g/mol. The van der Waals surface area contributed by atoms with Gasteiger partial charge in [-0.2, -0.15) is 0 Å². The smallest absolute Gasteiger partial charge is 0.234 e. The molecule has 1 N–H and O–H groups in total. The molecule has 0 radical (unpaired) electrons. The van der Waals surface area contributed by atoms with Gasteiger partial charge in [0.05, 0.1) is 10.6 Å². The van der Waals surface area contributed by atoms with Crippen molar-refractivity contribution >= 4 is 57.9 Å². The maximum Gasteiger partial charge on any atom is 0.234 e. The molecule has 0 aliphatic heterocycles. The van der Waals surface area contributed by atoms with Crippen LogP contribution in [0.15, 0.2) is 40.9 Å². The highest BCUT2D eigenvalue weighted by molar-refractivity contribution is 7.99. The number of thioether (sulfide) groups is 1. The molecule has 0 fully saturated rings. The summed E-state index contributed by atoms with van der Waals surface area (Å²) in [6, 6.07) is 9.10. The van der Waals surface area contributed by atoms with E-state index in [9.17, 15) is 4.79 Å². The Balaban J connectivity index is 1.70. The molecule has 1 aromatic carbocycles. The third kappa shape index (κ3) is 4.59. The van der Waals surface area contributed by atoms with E-state index in [4.69, 9.17) is 23.2 Å². The molecule has 5 nitrogen and oxygen atoms in total. The van der Waals surface area contributed by atoms with E-state index in [0.717, 1.165) is 10.7 Å². The van der Waals surface area contributed by atoms with Crippen LogP contribution in [0.1, 0.15) is 19.9 Å². The Kier molecular flexibility index (Phi) is 6.24. The van der Waals surface area contributed by atoms with Crippen molar-refractivity contribution in [2.75, 3.05) is 11.1 Å². The summed E-state index contributed by atoms with van der Waals surface area (Å²) in [7, 11) is 0. The number of anilines is 1. The van der Waals surface area contributed by atoms with Gasteiger partial charge >= 0.3 is 0 Å². The van der Waals surface area contributed by atoms with E-state index in [-0.39, 0.29) is 17.7 Å². The number of amides is 1. The normalized spacial score (nSPS) is 11.1. The molecule has 0 aliphatic carbocycles. The third-order valence-corrected chi connectivity index (χ3v) is 5.65. The van der Waals surface area contributed by atoms with Gasteiger partial charge in [0, 0.05) is 21.8 Å². The molecular weight excluding hydrogens is 411 g/mol.